The number of halogens is 14. The maximum Gasteiger partial charge on any atom is 0.460 e. The molecule has 224 valence electrons. The minimum absolute atomic E-state index is 0.0487. The minimum atomic E-state index is -6.64. The first kappa shape index (κ1) is 33.9. The zero-order chi connectivity index (χ0) is 29.8. The van der Waals surface area contributed by atoms with Crippen LogP contribution in [0.5, 0.6) is 0 Å². The molecule has 1 aliphatic heterocycles. The second-order valence-electron chi connectivity index (χ2n) is 8.51. The van der Waals surface area contributed by atoms with Gasteiger partial charge in [0.25, 0.3) is 11.8 Å². The highest BCUT2D eigenvalue weighted by atomic mass is 19.4. The Kier molecular flexibility index (Phi) is 10.7. The standard InChI is InChI=1S/C18H22F14N4O2/c19-13(20,15(23,24)17(27,28)29)11(37)33-3-1-5-35-7-9-36(10-8-35)6-2-4-34-12(38)14(21,22)16(25,26)18(30,31)32/h1-10H2,(H,33,37)(H,34,38)/p+2. The summed E-state index contributed by atoms with van der Waals surface area (Å²) in [5.41, 5.74) is 0. The summed E-state index contributed by atoms with van der Waals surface area (Å²) in [5, 5.41) is 2.67. The van der Waals surface area contributed by atoms with E-state index >= 15 is 0 Å². The Morgan fingerprint density at radius 2 is 0.789 bits per heavy atom. The number of amides is 2. The van der Waals surface area contributed by atoms with Gasteiger partial charge in [0.15, 0.2) is 0 Å². The number of hydrogen-bond acceptors (Lipinski definition) is 2. The Morgan fingerprint density at radius 3 is 1.03 bits per heavy atom. The molecular formula is C18H24F14N4O2+2. The number of hydrogen-bond donors (Lipinski definition) is 4. The van der Waals surface area contributed by atoms with E-state index in [2.05, 4.69) is 0 Å². The van der Waals surface area contributed by atoms with Gasteiger partial charge in [-0.2, -0.15) is 61.5 Å². The average Bonchev–Trinajstić information content (AvgIpc) is 2.78. The molecule has 20 heteroatoms. The lowest BCUT2D eigenvalue weighted by molar-refractivity contribution is -1.01. The number of rotatable bonds is 12. The third-order valence-electron chi connectivity index (χ3n) is 5.72. The van der Waals surface area contributed by atoms with Crippen molar-refractivity contribution in [3.63, 3.8) is 0 Å². The molecule has 0 saturated carbocycles. The fraction of sp³-hybridized carbons (Fsp3) is 0.889. The van der Waals surface area contributed by atoms with Crippen LogP contribution in [0.4, 0.5) is 61.5 Å². The topological polar surface area (TPSA) is 67.1 Å². The molecule has 0 spiro atoms. The van der Waals surface area contributed by atoms with Crippen molar-refractivity contribution in [3.8, 4) is 0 Å². The van der Waals surface area contributed by atoms with Crippen LogP contribution in [-0.2, 0) is 9.59 Å². The van der Waals surface area contributed by atoms with Gasteiger partial charge in [-0.05, 0) is 0 Å². The Bertz CT molecular complexity index is 742. The number of nitrogens with one attached hydrogen (secondary N) is 4. The van der Waals surface area contributed by atoms with E-state index in [1.54, 1.807) is 0 Å². The Hall–Kier alpha value is -2.12. The van der Waals surface area contributed by atoms with Crippen LogP contribution in [0.2, 0.25) is 0 Å². The van der Waals surface area contributed by atoms with Gasteiger partial charge in [-0.3, -0.25) is 9.59 Å². The molecule has 1 rings (SSSR count). The summed E-state index contributed by atoms with van der Waals surface area (Å²) in [6.45, 7) is 0.907. The molecule has 4 N–H and O–H groups in total. The molecule has 1 aliphatic rings. The number of carbonyl (C=O) groups is 2. The molecule has 2 amide bonds. The third kappa shape index (κ3) is 7.50. The molecule has 0 aromatic heterocycles. The first-order valence-corrected chi connectivity index (χ1v) is 10.9. The SMILES string of the molecule is O=C(NCCC[NH+]1CC[NH+](CCCNC(=O)C(F)(F)C(F)(F)C(F)(F)F)CC1)C(F)(F)C(F)(F)C(F)(F)F. The summed E-state index contributed by atoms with van der Waals surface area (Å²) < 4.78 is 177. The fourth-order valence-corrected chi connectivity index (χ4v) is 3.40. The van der Waals surface area contributed by atoms with Gasteiger partial charge in [0.1, 0.15) is 26.2 Å². The van der Waals surface area contributed by atoms with Gasteiger partial charge >= 0.3 is 36.0 Å². The molecule has 0 atom stereocenters. The van der Waals surface area contributed by atoms with E-state index in [0.717, 1.165) is 9.80 Å². The lowest BCUT2D eigenvalue weighted by Gasteiger charge is -2.30. The van der Waals surface area contributed by atoms with Gasteiger partial charge in [0.2, 0.25) is 0 Å². The van der Waals surface area contributed by atoms with E-state index in [-0.39, 0.29) is 25.9 Å². The lowest BCUT2D eigenvalue weighted by Crippen LogP contribution is -3.28. The molecule has 38 heavy (non-hydrogen) atoms. The molecule has 0 aliphatic carbocycles. The largest absolute Gasteiger partial charge is 0.460 e. The summed E-state index contributed by atoms with van der Waals surface area (Å²) >= 11 is 0. The average molecular weight is 594 g/mol. The van der Waals surface area contributed by atoms with Crippen LogP contribution in [0.3, 0.4) is 0 Å². The van der Waals surface area contributed by atoms with Gasteiger partial charge in [-0.25, -0.2) is 0 Å². The van der Waals surface area contributed by atoms with Crippen molar-refractivity contribution in [2.75, 3.05) is 52.4 Å². The number of carbonyl (C=O) groups excluding carboxylic acids is 2. The summed E-state index contributed by atoms with van der Waals surface area (Å²) in [5.74, 6) is -30.7. The van der Waals surface area contributed by atoms with E-state index in [9.17, 15) is 71.1 Å². The van der Waals surface area contributed by atoms with Crippen molar-refractivity contribution in [3.05, 3.63) is 0 Å². The Labute approximate surface area is 205 Å². The van der Waals surface area contributed by atoms with Gasteiger partial charge < -0.3 is 20.4 Å². The van der Waals surface area contributed by atoms with Crippen molar-refractivity contribution in [2.45, 2.75) is 48.9 Å². The van der Waals surface area contributed by atoms with Crippen LogP contribution >= 0.6 is 0 Å². The molecule has 1 saturated heterocycles. The van der Waals surface area contributed by atoms with Gasteiger partial charge in [-0.15, -0.1) is 0 Å². The van der Waals surface area contributed by atoms with Crippen molar-refractivity contribution < 1.29 is 80.9 Å². The number of piperazine rings is 1. The molecule has 0 aromatic rings. The summed E-state index contributed by atoms with van der Waals surface area (Å²) in [6.07, 6.45) is -13.4. The first-order valence-electron chi connectivity index (χ1n) is 10.9. The monoisotopic (exact) mass is 594 g/mol. The highest BCUT2D eigenvalue weighted by Crippen LogP contribution is 2.47. The lowest BCUT2D eigenvalue weighted by atomic mass is 10.1. The molecule has 0 radical (unpaired) electrons. The van der Waals surface area contributed by atoms with Crippen LogP contribution in [-0.4, -0.2) is 100 Å². The van der Waals surface area contributed by atoms with Crippen LogP contribution in [0, 0.1) is 0 Å². The van der Waals surface area contributed by atoms with Crippen molar-refractivity contribution in [2.24, 2.45) is 0 Å². The molecule has 6 nitrogen and oxygen atoms in total. The molecule has 0 aromatic carbocycles. The summed E-state index contributed by atoms with van der Waals surface area (Å²) in [6, 6.07) is 0. The Balaban J connectivity index is 2.33. The minimum Gasteiger partial charge on any atom is -0.350 e. The fourth-order valence-electron chi connectivity index (χ4n) is 3.40. The second-order valence-corrected chi connectivity index (χ2v) is 8.51. The highest BCUT2D eigenvalue weighted by molar-refractivity contribution is 5.85. The van der Waals surface area contributed by atoms with Crippen molar-refractivity contribution >= 4 is 11.8 Å². The summed E-state index contributed by atoms with van der Waals surface area (Å²) in [4.78, 5) is 24.0. The van der Waals surface area contributed by atoms with Crippen molar-refractivity contribution in [1.82, 2.24) is 10.6 Å². The van der Waals surface area contributed by atoms with Gasteiger partial charge in [0.05, 0.1) is 13.1 Å². The normalized spacial score (nSPS) is 20.3. The van der Waals surface area contributed by atoms with Gasteiger partial charge in [-0.1, -0.05) is 0 Å². The third-order valence-corrected chi connectivity index (χ3v) is 5.72. The van der Waals surface area contributed by atoms with Crippen LogP contribution < -0.4 is 20.4 Å². The van der Waals surface area contributed by atoms with E-state index in [4.69, 9.17) is 0 Å². The molecule has 0 unspecified atom stereocenters. The van der Waals surface area contributed by atoms with E-state index in [1.807, 2.05) is 0 Å². The Morgan fingerprint density at radius 1 is 0.526 bits per heavy atom. The molecule has 1 heterocycles. The first-order chi connectivity index (χ1) is 17.0. The maximum absolute atomic E-state index is 13.2. The zero-order valence-electron chi connectivity index (χ0n) is 19.2. The molecule has 1 fully saturated rings. The quantitative estimate of drug-likeness (QED) is 0.196. The van der Waals surface area contributed by atoms with Crippen LogP contribution in [0.1, 0.15) is 12.8 Å². The predicted octanol–water partition coefficient (Wildman–Crippen LogP) is 0.448. The highest BCUT2D eigenvalue weighted by Gasteiger charge is 2.77. The van der Waals surface area contributed by atoms with E-state index < -0.39 is 60.9 Å². The predicted molar refractivity (Wildman–Crippen MR) is 98.3 cm³/mol. The van der Waals surface area contributed by atoms with Gasteiger partial charge in [0, 0.05) is 25.9 Å². The number of alkyl halides is 14. The summed E-state index contributed by atoms with van der Waals surface area (Å²) in [7, 11) is 0. The zero-order valence-corrected chi connectivity index (χ0v) is 19.2. The number of quaternary nitrogens is 2. The molecular weight excluding hydrogens is 570 g/mol. The van der Waals surface area contributed by atoms with E-state index in [1.165, 1.54) is 10.6 Å². The molecule has 0 bridgehead atoms. The van der Waals surface area contributed by atoms with E-state index in [0.29, 0.717) is 26.2 Å². The maximum atomic E-state index is 13.2. The van der Waals surface area contributed by atoms with Crippen molar-refractivity contribution in [1.29, 1.82) is 0 Å². The smallest absolute Gasteiger partial charge is 0.350 e. The second kappa shape index (κ2) is 12.0. The van der Waals surface area contributed by atoms with Crippen LogP contribution in [0.15, 0.2) is 0 Å². The van der Waals surface area contributed by atoms with Crippen LogP contribution in [0.25, 0.3) is 0 Å².